The van der Waals surface area contributed by atoms with Crippen LogP contribution in [0.15, 0.2) is 62.5 Å². The van der Waals surface area contributed by atoms with Crippen LogP contribution in [0.3, 0.4) is 0 Å². The molecule has 2 heterocycles. The Kier molecular flexibility index (Phi) is 6.90. The van der Waals surface area contributed by atoms with Crippen LogP contribution < -0.4 is 15.7 Å². The van der Waals surface area contributed by atoms with Crippen LogP contribution in [-0.4, -0.2) is 50.3 Å². The topological polar surface area (TPSA) is 189 Å². The van der Waals surface area contributed by atoms with Crippen molar-refractivity contribution in [2.75, 3.05) is 14.2 Å². The SMILES string of the molecule is COC(=O)C[C@@H](c1cc2ccc(OC)cc2n(C)c1=O)c1c(O)cc(O)c2c(=O)c(O)c(-c3ccc(O)c(O)c3)oc12. The fourth-order valence-electron chi connectivity index (χ4n) is 5.00. The van der Waals surface area contributed by atoms with Gasteiger partial charge in [-0.3, -0.25) is 14.4 Å². The van der Waals surface area contributed by atoms with Gasteiger partial charge in [0, 0.05) is 41.8 Å². The Bertz CT molecular complexity index is 2020. The summed E-state index contributed by atoms with van der Waals surface area (Å²) in [5.74, 6) is -5.31. The van der Waals surface area contributed by atoms with Crippen molar-refractivity contribution in [3.63, 3.8) is 0 Å². The second-order valence-corrected chi connectivity index (χ2v) is 9.57. The van der Waals surface area contributed by atoms with E-state index in [0.717, 1.165) is 25.3 Å². The molecule has 12 heteroatoms. The maximum Gasteiger partial charge on any atom is 0.306 e. The molecule has 3 aromatic carbocycles. The zero-order valence-corrected chi connectivity index (χ0v) is 22.5. The van der Waals surface area contributed by atoms with Crippen molar-refractivity contribution in [1.82, 2.24) is 4.57 Å². The van der Waals surface area contributed by atoms with Gasteiger partial charge in [-0.25, -0.2) is 0 Å². The first-order valence-corrected chi connectivity index (χ1v) is 12.5. The predicted octanol–water partition coefficient (Wildman–Crippen LogP) is 3.54. The van der Waals surface area contributed by atoms with Gasteiger partial charge in [-0.15, -0.1) is 0 Å². The van der Waals surface area contributed by atoms with Crippen molar-refractivity contribution in [3.05, 3.63) is 80.2 Å². The lowest BCUT2D eigenvalue weighted by atomic mass is 9.86. The molecule has 12 nitrogen and oxygen atoms in total. The Balaban J connectivity index is 1.88. The van der Waals surface area contributed by atoms with Gasteiger partial charge in [-0.2, -0.15) is 0 Å². The molecule has 216 valence electrons. The van der Waals surface area contributed by atoms with Gasteiger partial charge in [0.2, 0.25) is 11.2 Å². The molecular formula is C30H25NO11. The molecule has 0 saturated heterocycles. The number of fused-ring (bicyclic) bond motifs is 2. The molecule has 0 saturated carbocycles. The Hall–Kier alpha value is -5.65. The molecule has 0 amide bonds. The van der Waals surface area contributed by atoms with Crippen molar-refractivity contribution >= 4 is 27.8 Å². The monoisotopic (exact) mass is 575 g/mol. The summed E-state index contributed by atoms with van der Waals surface area (Å²) < 4.78 is 17.4. The Morgan fingerprint density at radius 1 is 0.905 bits per heavy atom. The highest BCUT2D eigenvalue weighted by molar-refractivity contribution is 5.92. The van der Waals surface area contributed by atoms with E-state index in [4.69, 9.17) is 13.9 Å². The number of phenols is 4. The normalized spacial score (nSPS) is 12.0. The molecular weight excluding hydrogens is 550 g/mol. The van der Waals surface area contributed by atoms with E-state index >= 15 is 0 Å². The van der Waals surface area contributed by atoms with Gasteiger partial charge in [-0.05, 0) is 41.8 Å². The largest absolute Gasteiger partial charge is 0.507 e. The fraction of sp³-hybridized carbons (Fsp3) is 0.167. The van der Waals surface area contributed by atoms with Crippen molar-refractivity contribution < 1.29 is 44.2 Å². The molecule has 0 unspecified atom stereocenters. The Morgan fingerprint density at radius 2 is 1.64 bits per heavy atom. The Morgan fingerprint density at radius 3 is 2.31 bits per heavy atom. The molecule has 0 spiro atoms. The lowest BCUT2D eigenvalue weighted by molar-refractivity contribution is -0.140. The molecule has 5 aromatic rings. The van der Waals surface area contributed by atoms with E-state index in [-0.39, 0.29) is 16.7 Å². The number of benzene rings is 3. The number of phenolic OH excluding ortho intramolecular Hbond substituents is 4. The number of rotatable bonds is 6. The van der Waals surface area contributed by atoms with E-state index < -0.39 is 74.8 Å². The first-order chi connectivity index (χ1) is 20.0. The first kappa shape index (κ1) is 27.9. The number of ether oxygens (including phenoxy) is 2. The van der Waals surface area contributed by atoms with Crippen LogP contribution in [0.4, 0.5) is 0 Å². The van der Waals surface area contributed by atoms with Gasteiger partial charge >= 0.3 is 5.97 Å². The first-order valence-electron chi connectivity index (χ1n) is 12.5. The molecule has 5 N–H and O–H groups in total. The van der Waals surface area contributed by atoms with Crippen molar-refractivity contribution in [3.8, 4) is 45.8 Å². The number of hydrogen-bond donors (Lipinski definition) is 5. The fourth-order valence-corrected chi connectivity index (χ4v) is 5.00. The summed E-state index contributed by atoms with van der Waals surface area (Å²) in [5.41, 5.74) is -1.75. The summed E-state index contributed by atoms with van der Waals surface area (Å²) in [6.45, 7) is 0. The number of methoxy groups -OCH3 is 2. The average Bonchev–Trinajstić information content (AvgIpc) is 2.97. The molecule has 0 bridgehead atoms. The number of esters is 1. The molecule has 42 heavy (non-hydrogen) atoms. The Labute approximate surface area is 236 Å². The van der Waals surface area contributed by atoms with Crippen molar-refractivity contribution in [1.29, 1.82) is 0 Å². The van der Waals surface area contributed by atoms with Gasteiger partial charge in [-0.1, -0.05) is 0 Å². The van der Waals surface area contributed by atoms with E-state index in [1.165, 1.54) is 30.9 Å². The summed E-state index contributed by atoms with van der Waals surface area (Å²) in [6.07, 6.45) is -0.485. The second-order valence-electron chi connectivity index (χ2n) is 9.57. The quantitative estimate of drug-likeness (QED) is 0.147. The number of carbonyl (C=O) groups is 1. The zero-order valence-electron chi connectivity index (χ0n) is 22.5. The highest BCUT2D eigenvalue weighted by Crippen LogP contribution is 2.44. The molecule has 0 aliphatic rings. The highest BCUT2D eigenvalue weighted by atomic mass is 16.5. The van der Waals surface area contributed by atoms with E-state index in [1.807, 2.05) is 0 Å². The van der Waals surface area contributed by atoms with E-state index in [9.17, 15) is 39.9 Å². The van der Waals surface area contributed by atoms with Gasteiger partial charge in [0.1, 0.15) is 28.2 Å². The highest BCUT2D eigenvalue weighted by Gasteiger charge is 2.32. The molecule has 0 fully saturated rings. The van der Waals surface area contributed by atoms with Gasteiger partial charge in [0.15, 0.2) is 17.3 Å². The predicted molar refractivity (Wildman–Crippen MR) is 150 cm³/mol. The number of aryl methyl sites for hydroxylation is 1. The third kappa shape index (κ3) is 4.48. The minimum absolute atomic E-state index is 0.0300. The lowest BCUT2D eigenvalue weighted by Crippen LogP contribution is -2.25. The molecule has 0 radical (unpaired) electrons. The minimum atomic E-state index is -1.26. The second kappa shape index (κ2) is 10.4. The molecule has 0 aliphatic carbocycles. The number of aromatic nitrogens is 1. The zero-order chi connectivity index (χ0) is 30.5. The summed E-state index contributed by atoms with van der Waals surface area (Å²) >= 11 is 0. The summed E-state index contributed by atoms with van der Waals surface area (Å²) in [7, 11) is 4.15. The standard InChI is InChI=1S/C30H25NO11/c1-31-18-10-15(40-2)6-4-13(18)8-17(30(31)39)16(11-23(36)41-3)24-21(34)12-22(35)25-26(37)27(38)28(42-29(24)25)14-5-7-19(32)20(33)9-14/h4-10,12,16,32-35,38H,11H2,1-3H3/t16-/m0/s1. The maximum atomic E-state index is 13.7. The van der Waals surface area contributed by atoms with Crippen LogP contribution in [-0.2, 0) is 16.6 Å². The minimum Gasteiger partial charge on any atom is -0.507 e. The third-order valence-corrected chi connectivity index (χ3v) is 7.16. The van der Waals surface area contributed by atoms with Gasteiger partial charge in [0.25, 0.3) is 5.56 Å². The van der Waals surface area contributed by atoms with Crippen LogP contribution in [0.5, 0.6) is 34.5 Å². The van der Waals surface area contributed by atoms with Crippen molar-refractivity contribution in [2.24, 2.45) is 7.05 Å². The summed E-state index contributed by atoms with van der Waals surface area (Å²) in [6, 6.07) is 10.8. The van der Waals surface area contributed by atoms with Crippen LogP contribution in [0, 0.1) is 0 Å². The van der Waals surface area contributed by atoms with Crippen LogP contribution >= 0.6 is 0 Å². The van der Waals surface area contributed by atoms with E-state index in [0.29, 0.717) is 16.7 Å². The van der Waals surface area contributed by atoms with Gasteiger partial charge < -0.3 is 44.0 Å². The average molecular weight is 576 g/mol. The van der Waals surface area contributed by atoms with Crippen LogP contribution in [0.25, 0.3) is 33.2 Å². The lowest BCUT2D eigenvalue weighted by Gasteiger charge is -2.21. The van der Waals surface area contributed by atoms with Crippen molar-refractivity contribution in [2.45, 2.75) is 12.3 Å². The molecule has 1 atom stereocenters. The van der Waals surface area contributed by atoms with Crippen LogP contribution in [0.2, 0.25) is 0 Å². The van der Waals surface area contributed by atoms with E-state index in [2.05, 4.69) is 0 Å². The smallest absolute Gasteiger partial charge is 0.306 e. The number of hydrogen-bond acceptors (Lipinski definition) is 11. The molecule has 2 aromatic heterocycles. The maximum absolute atomic E-state index is 13.7. The number of pyridine rings is 1. The summed E-state index contributed by atoms with van der Waals surface area (Å²) in [4.78, 5) is 39.7. The summed E-state index contributed by atoms with van der Waals surface area (Å²) in [5, 5.41) is 52.2. The van der Waals surface area contributed by atoms with Gasteiger partial charge in [0.05, 0.1) is 26.2 Å². The van der Waals surface area contributed by atoms with E-state index in [1.54, 1.807) is 18.2 Å². The number of carbonyl (C=O) groups excluding carboxylic acids is 1. The van der Waals surface area contributed by atoms with Crippen LogP contribution in [0.1, 0.15) is 23.5 Å². The molecule has 5 rings (SSSR count). The number of aromatic hydroxyl groups is 5. The molecule has 0 aliphatic heterocycles. The third-order valence-electron chi connectivity index (χ3n) is 7.16. The number of nitrogens with zero attached hydrogens (tertiary/aromatic N) is 1.